The maximum atomic E-state index is 13.8. The first kappa shape index (κ1) is 45.4. The molecule has 1 unspecified atom stereocenters. The van der Waals surface area contributed by atoms with E-state index in [1.165, 1.54) is 57.8 Å². The minimum Gasteiger partial charge on any atom is -0.461 e. The molecule has 7 heteroatoms. The van der Waals surface area contributed by atoms with E-state index in [1.807, 2.05) is 0 Å². The Morgan fingerprint density at radius 1 is 0.870 bits per heavy atom. The Morgan fingerprint density at radius 3 is 2.00 bits per heavy atom. The predicted molar refractivity (Wildman–Crippen MR) is 233 cm³/mol. The second-order valence-electron chi connectivity index (χ2n) is 20.8. The van der Waals surface area contributed by atoms with E-state index < -0.39 is 22.4 Å². The highest BCUT2D eigenvalue weighted by Crippen LogP contribution is 2.56. The van der Waals surface area contributed by atoms with Crippen molar-refractivity contribution in [3.8, 4) is 0 Å². The molecule has 0 spiro atoms. The summed E-state index contributed by atoms with van der Waals surface area (Å²) in [6.07, 6.45) is 27.0. The first-order valence-electron chi connectivity index (χ1n) is 22.1. The van der Waals surface area contributed by atoms with E-state index in [-0.39, 0.29) is 40.3 Å². The molecular formula is C47H82O5Si2. The molecule has 3 fully saturated rings. The van der Waals surface area contributed by atoms with Crippen LogP contribution in [-0.4, -0.2) is 47.2 Å². The highest BCUT2D eigenvalue weighted by Gasteiger charge is 2.52. The fourth-order valence-corrected chi connectivity index (χ4v) is 11.8. The Balaban J connectivity index is 1.68. The summed E-state index contributed by atoms with van der Waals surface area (Å²) in [6, 6.07) is 0. The third kappa shape index (κ3) is 11.4. The number of fused-ring (bicyclic) bond motifs is 1. The van der Waals surface area contributed by atoms with Crippen molar-refractivity contribution < 1.29 is 23.1 Å². The lowest BCUT2D eigenvalue weighted by atomic mass is 9.64. The third-order valence-electron chi connectivity index (χ3n) is 14.6. The summed E-state index contributed by atoms with van der Waals surface area (Å²) in [5.41, 5.74) is 5.60. The highest BCUT2D eigenvalue weighted by atomic mass is 28.4. The zero-order chi connectivity index (χ0) is 40.0. The molecule has 4 aliphatic rings. The molecule has 0 heterocycles. The van der Waals surface area contributed by atoms with Crippen molar-refractivity contribution in [2.24, 2.45) is 11.3 Å². The largest absolute Gasteiger partial charge is 0.461 e. The minimum absolute atomic E-state index is 0.0246. The predicted octanol–water partition coefficient (Wildman–Crippen LogP) is 14.1. The Hall–Kier alpha value is -1.26. The van der Waals surface area contributed by atoms with Gasteiger partial charge < -0.3 is 18.3 Å². The van der Waals surface area contributed by atoms with Crippen LogP contribution < -0.4 is 0 Å². The molecule has 0 aromatic rings. The van der Waals surface area contributed by atoms with Crippen molar-refractivity contribution >= 4 is 22.6 Å². The van der Waals surface area contributed by atoms with Crippen molar-refractivity contribution in [1.82, 2.24) is 0 Å². The van der Waals surface area contributed by atoms with Gasteiger partial charge in [0.05, 0.1) is 6.10 Å². The van der Waals surface area contributed by atoms with E-state index in [2.05, 4.69) is 99.8 Å². The molecule has 3 saturated carbocycles. The molecule has 0 N–H and O–H groups in total. The molecule has 4 rings (SSSR count). The van der Waals surface area contributed by atoms with Gasteiger partial charge in [-0.05, 0) is 117 Å². The number of carbonyl (C=O) groups excluding carboxylic acids is 1. The van der Waals surface area contributed by atoms with Crippen molar-refractivity contribution in [1.29, 1.82) is 0 Å². The summed E-state index contributed by atoms with van der Waals surface area (Å²) in [7, 11) is -4.60. The van der Waals surface area contributed by atoms with Gasteiger partial charge in [0.25, 0.3) is 0 Å². The SMILES string of the molecule is C=C1C(=CC=C2CCC[C@]3(C)C(CC)=CC[C@@H]23)C[C@](OCC(=O)OC2CCCCCCCCCCC2)(O[Si](C)(C)C(C)(C)C)CC1O[Si](C)(C)C(C)(C)C. The normalized spacial score (nSPS) is 30.4. The van der Waals surface area contributed by atoms with E-state index >= 15 is 0 Å². The van der Waals surface area contributed by atoms with Gasteiger partial charge in [0, 0.05) is 12.8 Å². The van der Waals surface area contributed by atoms with Crippen LogP contribution in [-0.2, 0) is 23.1 Å². The molecule has 0 radical (unpaired) electrons. The quantitative estimate of drug-likeness (QED) is 0.0956. The van der Waals surface area contributed by atoms with Crippen LogP contribution in [0.5, 0.6) is 0 Å². The van der Waals surface area contributed by atoms with Crippen molar-refractivity contribution in [3.63, 3.8) is 0 Å². The van der Waals surface area contributed by atoms with Crippen molar-refractivity contribution in [2.45, 2.75) is 225 Å². The highest BCUT2D eigenvalue weighted by molar-refractivity contribution is 6.74. The molecule has 308 valence electrons. The Kier molecular flexibility index (Phi) is 15.6. The summed E-state index contributed by atoms with van der Waals surface area (Å²) >= 11 is 0. The summed E-state index contributed by atoms with van der Waals surface area (Å²) < 4.78 is 27.8. The molecule has 54 heavy (non-hydrogen) atoms. The number of ether oxygens (including phenoxy) is 2. The van der Waals surface area contributed by atoms with Crippen LogP contribution in [0.3, 0.4) is 0 Å². The monoisotopic (exact) mass is 783 g/mol. The van der Waals surface area contributed by atoms with Gasteiger partial charge in [0.15, 0.2) is 22.4 Å². The standard InChI is InChI=1S/C47H82O5Si2/c1-14-39-30-31-41-37(25-24-32-46(39,41)9)28-29-38-33-47(52-54(12,13)45(6,7)8,34-42(36(38)2)51-53(10,11)44(3,4)5)49-35-43(48)50-40-26-22-20-18-16-15-17-19-21-23-27-40/h28-30,40-42H,2,14-27,31-35H2,1,3-13H3/t41-,42?,46+,47-/m0/s1. The zero-order valence-corrected chi connectivity index (χ0v) is 39.1. The fourth-order valence-electron chi connectivity index (χ4n) is 9.05. The molecule has 4 aliphatic carbocycles. The molecule has 5 nitrogen and oxygen atoms in total. The molecule has 0 saturated heterocycles. The molecule has 0 aromatic carbocycles. The summed E-state index contributed by atoms with van der Waals surface area (Å²) in [6.45, 7) is 32.4. The number of hydrogen-bond acceptors (Lipinski definition) is 5. The van der Waals surface area contributed by atoms with Crippen LogP contribution in [0.1, 0.15) is 171 Å². The van der Waals surface area contributed by atoms with Gasteiger partial charge in [-0.3, -0.25) is 0 Å². The van der Waals surface area contributed by atoms with E-state index in [0.29, 0.717) is 18.8 Å². The molecule has 0 aromatic heterocycles. The summed E-state index contributed by atoms with van der Waals surface area (Å²) in [4.78, 5) is 13.8. The maximum absolute atomic E-state index is 13.8. The Bertz CT molecular complexity index is 1360. The van der Waals surface area contributed by atoms with E-state index in [1.54, 1.807) is 11.1 Å². The van der Waals surface area contributed by atoms with Crippen LogP contribution in [0.4, 0.5) is 0 Å². The van der Waals surface area contributed by atoms with Gasteiger partial charge in [-0.25, -0.2) is 4.79 Å². The van der Waals surface area contributed by atoms with Crippen LogP contribution in [0.15, 0.2) is 47.1 Å². The zero-order valence-electron chi connectivity index (χ0n) is 37.1. The van der Waals surface area contributed by atoms with Gasteiger partial charge in [-0.2, -0.15) is 0 Å². The third-order valence-corrected chi connectivity index (χ3v) is 23.6. The lowest BCUT2D eigenvalue weighted by molar-refractivity contribution is -0.217. The molecule has 0 bridgehead atoms. The number of esters is 1. The molecular weight excluding hydrogens is 701 g/mol. The van der Waals surface area contributed by atoms with Crippen molar-refractivity contribution in [3.05, 3.63) is 47.1 Å². The van der Waals surface area contributed by atoms with Crippen molar-refractivity contribution in [2.75, 3.05) is 6.61 Å². The number of rotatable bonds is 10. The lowest BCUT2D eigenvalue weighted by Gasteiger charge is -2.51. The van der Waals surface area contributed by atoms with Crippen LogP contribution in [0.2, 0.25) is 36.3 Å². The first-order chi connectivity index (χ1) is 25.1. The average Bonchev–Trinajstić information content (AvgIpc) is 3.41. The lowest BCUT2D eigenvalue weighted by Crippen LogP contribution is -2.56. The number of carbonyl (C=O) groups is 1. The van der Waals surface area contributed by atoms with Gasteiger partial charge >= 0.3 is 5.97 Å². The van der Waals surface area contributed by atoms with Crippen LogP contribution in [0, 0.1) is 11.3 Å². The number of allylic oxidation sites excluding steroid dienone is 5. The fraction of sp³-hybridized carbons (Fsp3) is 0.809. The van der Waals surface area contributed by atoms with Gasteiger partial charge in [0.2, 0.25) is 0 Å². The molecule has 0 amide bonds. The second kappa shape index (κ2) is 18.6. The van der Waals surface area contributed by atoms with Gasteiger partial charge in [-0.1, -0.05) is 136 Å². The smallest absolute Gasteiger partial charge is 0.332 e. The van der Waals surface area contributed by atoms with Crippen LogP contribution in [0.25, 0.3) is 0 Å². The number of hydrogen-bond donors (Lipinski definition) is 0. The second-order valence-corrected chi connectivity index (χ2v) is 30.3. The minimum atomic E-state index is -2.38. The Morgan fingerprint density at radius 2 is 1.44 bits per heavy atom. The average molecular weight is 783 g/mol. The molecule has 0 aliphatic heterocycles. The van der Waals surface area contributed by atoms with Gasteiger partial charge in [0.1, 0.15) is 12.7 Å². The summed E-state index contributed by atoms with van der Waals surface area (Å²) in [5, 5.41) is -0.0243. The molecule has 4 atom stereocenters. The van der Waals surface area contributed by atoms with Crippen LogP contribution >= 0.6 is 0 Å². The topological polar surface area (TPSA) is 54.0 Å². The van der Waals surface area contributed by atoms with E-state index in [0.717, 1.165) is 56.1 Å². The van der Waals surface area contributed by atoms with E-state index in [4.69, 9.17) is 24.9 Å². The first-order valence-corrected chi connectivity index (χ1v) is 27.9. The Labute approximate surface area is 334 Å². The maximum Gasteiger partial charge on any atom is 0.332 e. The van der Waals surface area contributed by atoms with E-state index in [9.17, 15) is 4.79 Å². The summed E-state index contributed by atoms with van der Waals surface area (Å²) in [5.74, 6) is -0.742. The van der Waals surface area contributed by atoms with Gasteiger partial charge in [-0.15, -0.1) is 0 Å².